The monoisotopic (exact) mass is 255 g/mol. The summed E-state index contributed by atoms with van der Waals surface area (Å²) < 4.78 is 4.91. The van der Waals surface area contributed by atoms with Crippen LogP contribution in [0.5, 0.6) is 0 Å². The van der Waals surface area contributed by atoms with E-state index in [0.29, 0.717) is 13.0 Å². The number of nitrogens with two attached hydrogens (primary N) is 1. The first kappa shape index (κ1) is 15.0. The minimum atomic E-state index is -0.354. The van der Waals surface area contributed by atoms with Gasteiger partial charge in [-0.1, -0.05) is 45.4 Å². The van der Waals surface area contributed by atoms with Gasteiger partial charge in [0.1, 0.15) is 0 Å². The molecule has 104 valence electrons. The number of carbonyl (C=O) groups excluding carboxylic acids is 2. The zero-order valence-electron chi connectivity index (χ0n) is 11.3. The zero-order chi connectivity index (χ0) is 13.4. The zero-order valence-corrected chi connectivity index (χ0v) is 11.3. The number of amides is 1. The Morgan fingerprint density at radius 1 is 1.33 bits per heavy atom. The number of hydrogen-bond acceptors (Lipinski definition) is 3. The first-order chi connectivity index (χ1) is 8.66. The lowest BCUT2D eigenvalue weighted by Gasteiger charge is -2.16. The fraction of sp³-hybridized carbons (Fsp3) is 0.857. The number of primary amides is 1. The number of cyclic esters (lactones) is 1. The van der Waals surface area contributed by atoms with Gasteiger partial charge in [-0.25, -0.2) is 0 Å². The summed E-state index contributed by atoms with van der Waals surface area (Å²) in [5, 5.41) is 0. The van der Waals surface area contributed by atoms with Gasteiger partial charge in [0.25, 0.3) is 0 Å². The summed E-state index contributed by atoms with van der Waals surface area (Å²) in [6.07, 6.45) is 8.42. The van der Waals surface area contributed by atoms with E-state index in [2.05, 4.69) is 6.92 Å². The molecule has 4 heteroatoms. The van der Waals surface area contributed by atoms with Crippen molar-refractivity contribution in [1.82, 2.24) is 0 Å². The maximum Gasteiger partial charge on any atom is 0.309 e. The fourth-order valence-electron chi connectivity index (χ4n) is 2.56. The van der Waals surface area contributed by atoms with E-state index in [-0.39, 0.29) is 23.7 Å². The molecule has 1 saturated heterocycles. The number of rotatable bonds is 9. The molecule has 0 aromatic heterocycles. The van der Waals surface area contributed by atoms with Gasteiger partial charge in [0, 0.05) is 0 Å². The van der Waals surface area contributed by atoms with Crippen LogP contribution in [0.15, 0.2) is 0 Å². The number of unbranched alkanes of at least 4 members (excludes halogenated alkanes) is 5. The van der Waals surface area contributed by atoms with Crippen molar-refractivity contribution >= 4 is 11.9 Å². The Labute approximate surface area is 109 Å². The van der Waals surface area contributed by atoms with Crippen LogP contribution in [0.3, 0.4) is 0 Å². The number of hydrogen-bond donors (Lipinski definition) is 1. The predicted octanol–water partition coefficient (Wildman–Crippen LogP) is 2.40. The van der Waals surface area contributed by atoms with Crippen molar-refractivity contribution in [1.29, 1.82) is 0 Å². The molecule has 0 aromatic rings. The van der Waals surface area contributed by atoms with Crippen LogP contribution in [0.2, 0.25) is 0 Å². The Kier molecular flexibility index (Phi) is 6.76. The van der Waals surface area contributed by atoms with E-state index in [1.54, 1.807) is 0 Å². The molecule has 2 atom stereocenters. The lowest BCUT2D eigenvalue weighted by molar-refractivity contribution is -0.145. The molecule has 18 heavy (non-hydrogen) atoms. The van der Waals surface area contributed by atoms with Crippen LogP contribution in [-0.4, -0.2) is 18.5 Å². The molecule has 1 unspecified atom stereocenters. The third-order valence-electron chi connectivity index (χ3n) is 3.70. The van der Waals surface area contributed by atoms with Gasteiger partial charge in [-0.15, -0.1) is 0 Å². The smallest absolute Gasteiger partial charge is 0.309 e. The largest absolute Gasteiger partial charge is 0.465 e. The van der Waals surface area contributed by atoms with Crippen molar-refractivity contribution in [3.8, 4) is 0 Å². The summed E-state index contributed by atoms with van der Waals surface area (Å²) in [6, 6.07) is 0. The maximum atomic E-state index is 11.5. The first-order valence-corrected chi connectivity index (χ1v) is 7.12. The molecule has 0 aromatic carbocycles. The molecule has 0 aliphatic carbocycles. The third kappa shape index (κ3) is 4.67. The van der Waals surface area contributed by atoms with E-state index in [4.69, 9.17) is 10.5 Å². The third-order valence-corrected chi connectivity index (χ3v) is 3.70. The average Bonchev–Trinajstić information content (AvgIpc) is 2.74. The Hall–Kier alpha value is -1.06. The van der Waals surface area contributed by atoms with Crippen LogP contribution < -0.4 is 5.73 Å². The Bertz CT molecular complexity index is 278. The van der Waals surface area contributed by atoms with E-state index < -0.39 is 0 Å². The van der Waals surface area contributed by atoms with E-state index >= 15 is 0 Å². The standard InChI is InChI=1S/C14H25NO3/c1-2-3-4-5-6-7-8-11(13(15)16)12-9-10-18-14(12)17/h11-12H,2-10H2,1H3,(H2,15,16)/t11?,12-/m0/s1. The SMILES string of the molecule is CCCCCCCCC(C(N)=O)[C@@H]1CCOC1=O. The minimum Gasteiger partial charge on any atom is -0.465 e. The highest BCUT2D eigenvalue weighted by Crippen LogP contribution is 2.27. The van der Waals surface area contributed by atoms with Gasteiger partial charge in [0.15, 0.2) is 0 Å². The molecule has 0 spiro atoms. The van der Waals surface area contributed by atoms with Crippen molar-refractivity contribution < 1.29 is 14.3 Å². The van der Waals surface area contributed by atoms with Crippen LogP contribution >= 0.6 is 0 Å². The highest BCUT2D eigenvalue weighted by molar-refractivity contribution is 5.85. The van der Waals surface area contributed by atoms with Gasteiger partial charge >= 0.3 is 5.97 Å². The normalized spacial score (nSPS) is 20.7. The second-order valence-corrected chi connectivity index (χ2v) is 5.13. The summed E-state index contributed by atoms with van der Waals surface area (Å²) in [4.78, 5) is 22.9. The van der Waals surface area contributed by atoms with E-state index in [9.17, 15) is 9.59 Å². The van der Waals surface area contributed by atoms with Gasteiger partial charge in [-0.05, 0) is 12.8 Å². The predicted molar refractivity (Wildman–Crippen MR) is 69.7 cm³/mol. The molecule has 4 nitrogen and oxygen atoms in total. The quantitative estimate of drug-likeness (QED) is 0.508. The van der Waals surface area contributed by atoms with Gasteiger partial charge in [0.05, 0.1) is 18.4 Å². The molecule has 0 bridgehead atoms. The van der Waals surface area contributed by atoms with Gasteiger partial charge in [0.2, 0.25) is 5.91 Å². The molecule has 1 amide bonds. The van der Waals surface area contributed by atoms with Crippen molar-refractivity contribution in [3.05, 3.63) is 0 Å². The maximum absolute atomic E-state index is 11.5. The average molecular weight is 255 g/mol. The van der Waals surface area contributed by atoms with Crippen LogP contribution in [0.4, 0.5) is 0 Å². The molecule has 1 aliphatic rings. The number of ether oxygens (including phenoxy) is 1. The summed E-state index contributed by atoms with van der Waals surface area (Å²) in [6.45, 7) is 2.62. The highest BCUT2D eigenvalue weighted by Gasteiger charge is 2.36. The molecular formula is C14H25NO3. The topological polar surface area (TPSA) is 69.4 Å². The van der Waals surface area contributed by atoms with Crippen molar-refractivity contribution in [3.63, 3.8) is 0 Å². The fourth-order valence-corrected chi connectivity index (χ4v) is 2.56. The highest BCUT2D eigenvalue weighted by atomic mass is 16.5. The Morgan fingerprint density at radius 2 is 2.00 bits per heavy atom. The van der Waals surface area contributed by atoms with Gasteiger partial charge in [-0.3, -0.25) is 9.59 Å². The van der Waals surface area contributed by atoms with Gasteiger partial charge in [-0.2, -0.15) is 0 Å². The van der Waals surface area contributed by atoms with Gasteiger partial charge < -0.3 is 10.5 Å². The van der Waals surface area contributed by atoms with E-state index in [0.717, 1.165) is 19.3 Å². The summed E-state index contributed by atoms with van der Waals surface area (Å²) in [5.74, 6) is -1.22. The lowest BCUT2D eigenvalue weighted by atomic mass is 9.86. The molecule has 1 aliphatic heterocycles. The molecule has 0 saturated carbocycles. The molecule has 2 N–H and O–H groups in total. The molecule has 0 radical (unpaired) electrons. The molecule has 1 rings (SSSR count). The van der Waals surface area contributed by atoms with Crippen molar-refractivity contribution in [2.75, 3.05) is 6.61 Å². The van der Waals surface area contributed by atoms with Crippen molar-refractivity contribution in [2.24, 2.45) is 17.6 Å². The van der Waals surface area contributed by atoms with Crippen LogP contribution in [-0.2, 0) is 14.3 Å². The molecular weight excluding hydrogens is 230 g/mol. The number of carbonyl (C=O) groups is 2. The Morgan fingerprint density at radius 3 is 2.56 bits per heavy atom. The Balaban J connectivity index is 2.26. The second kappa shape index (κ2) is 8.11. The van der Waals surface area contributed by atoms with E-state index in [1.165, 1.54) is 25.7 Å². The minimum absolute atomic E-state index is 0.246. The molecule has 1 heterocycles. The molecule has 1 fully saturated rings. The van der Waals surface area contributed by atoms with E-state index in [1.807, 2.05) is 0 Å². The second-order valence-electron chi connectivity index (χ2n) is 5.13. The van der Waals surface area contributed by atoms with Crippen LogP contribution in [0.1, 0.15) is 58.3 Å². The lowest BCUT2D eigenvalue weighted by Crippen LogP contribution is -2.32. The summed E-state index contributed by atoms with van der Waals surface area (Å²) in [5.41, 5.74) is 5.39. The summed E-state index contributed by atoms with van der Waals surface area (Å²) >= 11 is 0. The first-order valence-electron chi connectivity index (χ1n) is 7.12. The number of esters is 1. The van der Waals surface area contributed by atoms with Crippen LogP contribution in [0.25, 0.3) is 0 Å². The summed E-state index contributed by atoms with van der Waals surface area (Å²) in [7, 11) is 0. The van der Waals surface area contributed by atoms with Crippen LogP contribution in [0, 0.1) is 11.8 Å². The van der Waals surface area contributed by atoms with Crippen molar-refractivity contribution in [2.45, 2.75) is 58.3 Å².